The summed E-state index contributed by atoms with van der Waals surface area (Å²) < 4.78 is 16.9. The van der Waals surface area contributed by atoms with Crippen LogP contribution in [-0.4, -0.2) is 12.1 Å². The van der Waals surface area contributed by atoms with Crippen LogP contribution in [0.1, 0.15) is 0 Å². The van der Waals surface area contributed by atoms with Gasteiger partial charge in [-0.2, -0.15) is 0 Å². The molecular formula is C18H15NO3. The molecule has 0 aliphatic carbocycles. The topological polar surface area (TPSA) is 40.6 Å². The average Bonchev–Trinajstić information content (AvgIpc) is 2.57. The van der Waals surface area contributed by atoms with E-state index >= 15 is 0 Å². The first-order valence-corrected chi connectivity index (χ1v) is 6.85. The number of pyridine rings is 1. The van der Waals surface area contributed by atoms with Crippen molar-refractivity contribution < 1.29 is 14.2 Å². The predicted molar refractivity (Wildman–Crippen MR) is 83.8 cm³/mol. The first kappa shape index (κ1) is 13.9. The van der Waals surface area contributed by atoms with E-state index in [0.29, 0.717) is 23.1 Å². The van der Waals surface area contributed by atoms with Gasteiger partial charge >= 0.3 is 0 Å². The minimum Gasteiger partial charge on any atom is -0.493 e. The Bertz CT molecular complexity index is 730. The lowest BCUT2D eigenvalue weighted by molar-refractivity contribution is 0.375. The fourth-order valence-electron chi connectivity index (χ4n) is 1.94. The molecule has 0 unspecified atom stereocenters. The number of rotatable bonds is 5. The molecule has 0 aliphatic heterocycles. The van der Waals surface area contributed by atoms with Crippen LogP contribution in [0.4, 0.5) is 0 Å². The maximum atomic E-state index is 5.85. The first-order valence-electron chi connectivity index (χ1n) is 6.85. The fourth-order valence-corrected chi connectivity index (χ4v) is 1.94. The van der Waals surface area contributed by atoms with E-state index in [1.165, 1.54) is 0 Å². The molecule has 110 valence electrons. The number of para-hydroxylation sites is 1. The molecule has 0 bridgehead atoms. The largest absolute Gasteiger partial charge is 0.493 e. The van der Waals surface area contributed by atoms with Gasteiger partial charge in [0.2, 0.25) is 5.88 Å². The SMILES string of the molecule is COc1ccc(Oc2ccccn2)cc1Oc1ccccc1. The van der Waals surface area contributed by atoms with E-state index in [4.69, 9.17) is 14.2 Å². The van der Waals surface area contributed by atoms with Crippen LogP contribution < -0.4 is 14.2 Å². The van der Waals surface area contributed by atoms with E-state index < -0.39 is 0 Å². The van der Waals surface area contributed by atoms with Crippen LogP contribution in [0.15, 0.2) is 72.9 Å². The van der Waals surface area contributed by atoms with E-state index in [9.17, 15) is 0 Å². The molecule has 22 heavy (non-hydrogen) atoms. The van der Waals surface area contributed by atoms with Crippen molar-refractivity contribution in [2.75, 3.05) is 7.11 Å². The van der Waals surface area contributed by atoms with Crippen LogP contribution in [0.2, 0.25) is 0 Å². The van der Waals surface area contributed by atoms with Crippen molar-refractivity contribution in [2.24, 2.45) is 0 Å². The van der Waals surface area contributed by atoms with E-state index in [-0.39, 0.29) is 0 Å². The summed E-state index contributed by atoms with van der Waals surface area (Å²) in [6.45, 7) is 0. The second-order valence-corrected chi connectivity index (χ2v) is 4.50. The second kappa shape index (κ2) is 6.63. The Morgan fingerprint density at radius 2 is 1.55 bits per heavy atom. The summed E-state index contributed by atoms with van der Waals surface area (Å²) in [5, 5.41) is 0. The summed E-state index contributed by atoms with van der Waals surface area (Å²) in [6.07, 6.45) is 1.68. The number of hydrogen-bond donors (Lipinski definition) is 0. The van der Waals surface area contributed by atoms with Crippen LogP contribution in [0.5, 0.6) is 28.9 Å². The van der Waals surface area contributed by atoms with Gasteiger partial charge in [-0.25, -0.2) is 4.98 Å². The molecular weight excluding hydrogens is 278 g/mol. The number of hydrogen-bond acceptors (Lipinski definition) is 4. The monoisotopic (exact) mass is 293 g/mol. The zero-order valence-corrected chi connectivity index (χ0v) is 12.1. The number of ether oxygens (including phenoxy) is 3. The molecule has 4 heteroatoms. The van der Waals surface area contributed by atoms with Gasteiger partial charge in [-0.15, -0.1) is 0 Å². The highest BCUT2D eigenvalue weighted by Gasteiger charge is 2.08. The number of aromatic nitrogens is 1. The van der Waals surface area contributed by atoms with Gasteiger partial charge in [-0.05, 0) is 30.3 Å². The van der Waals surface area contributed by atoms with Crippen LogP contribution in [0.25, 0.3) is 0 Å². The molecule has 0 spiro atoms. The molecule has 0 aliphatic rings. The smallest absolute Gasteiger partial charge is 0.219 e. The van der Waals surface area contributed by atoms with Gasteiger partial charge in [0.1, 0.15) is 11.5 Å². The van der Waals surface area contributed by atoms with E-state index in [2.05, 4.69) is 4.98 Å². The maximum absolute atomic E-state index is 5.85. The van der Waals surface area contributed by atoms with Gasteiger partial charge < -0.3 is 14.2 Å². The Labute approximate surface area is 128 Å². The quantitative estimate of drug-likeness (QED) is 0.685. The number of methoxy groups -OCH3 is 1. The Morgan fingerprint density at radius 3 is 2.27 bits per heavy atom. The lowest BCUT2D eigenvalue weighted by Gasteiger charge is -2.12. The molecule has 0 N–H and O–H groups in total. The molecule has 1 heterocycles. The predicted octanol–water partition coefficient (Wildman–Crippen LogP) is 4.67. The Kier molecular flexibility index (Phi) is 4.20. The van der Waals surface area contributed by atoms with Gasteiger partial charge in [0.25, 0.3) is 0 Å². The van der Waals surface area contributed by atoms with Crippen molar-refractivity contribution in [3.05, 3.63) is 72.9 Å². The standard InChI is InChI=1S/C18H15NO3/c1-20-16-11-10-15(22-18-9-5-6-12-19-18)13-17(16)21-14-7-3-2-4-8-14/h2-13H,1H3. The van der Waals surface area contributed by atoms with Crippen LogP contribution in [0.3, 0.4) is 0 Å². The molecule has 1 aromatic heterocycles. The highest BCUT2D eigenvalue weighted by molar-refractivity contribution is 5.48. The zero-order chi connectivity index (χ0) is 15.2. The van der Waals surface area contributed by atoms with Crippen molar-refractivity contribution in [3.8, 4) is 28.9 Å². The molecule has 0 atom stereocenters. The molecule has 0 fully saturated rings. The molecule has 0 radical (unpaired) electrons. The molecule has 0 saturated heterocycles. The van der Waals surface area contributed by atoms with E-state index in [1.807, 2.05) is 48.5 Å². The Balaban J connectivity index is 1.86. The minimum atomic E-state index is 0.526. The van der Waals surface area contributed by atoms with Crippen LogP contribution in [-0.2, 0) is 0 Å². The summed E-state index contributed by atoms with van der Waals surface area (Å²) in [6, 6.07) is 20.4. The molecule has 0 amide bonds. The fraction of sp³-hybridized carbons (Fsp3) is 0.0556. The van der Waals surface area contributed by atoms with Gasteiger partial charge in [-0.1, -0.05) is 24.3 Å². The molecule has 2 aromatic carbocycles. The molecule has 0 saturated carbocycles. The summed E-state index contributed by atoms with van der Waals surface area (Å²) in [5.74, 6) is 3.11. The van der Waals surface area contributed by atoms with E-state index in [0.717, 1.165) is 5.75 Å². The van der Waals surface area contributed by atoms with Crippen LogP contribution in [0, 0.1) is 0 Å². The van der Waals surface area contributed by atoms with Crippen molar-refractivity contribution in [3.63, 3.8) is 0 Å². The van der Waals surface area contributed by atoms with Crippen molar-refractivity contribution >= 4 is 0 Å². The summed E-state index contributed by atoms with van der Waals surface area (Å²) in [5.41, 5.74) is 0. The Hall–Kier alpha value is -3.01. The lowest BCUT2D eigenvalue weighted by Crippen LogP contribution is -1.92. The number of nitrogens with zero attached hydrogens (tertiary/aromatic N) is 1. The third kappa shape index (κ3) is 3.35. The second-order valence-electron chi connectivity index (χ2n) is 4.50. The molecule has 4 nitrogen and oxygen atoms in total. The van der Waals surface area contributed by atoms with Gasteiger partial charge in [0.05, 0.1) is 7.11 Å². The highest BCUT2D eigenvalue weighted by Crippen LogP contribution is 2.35. The van der Waals surface area contributed by atoms with Crippen molar-refractivity contribution in [1.82, 2.24) is 4.98 Å². The van der Waals surface area contributed by atoms with Gasteiger partial charge in [0.15, 0.2) is 11.5 Å². The minimum absolute atomic E-state index is 0.526. The highest BCUT2D eigenvalue weighted by atomic mass is 16.5. The summed E-state index contributed by atoms with van der Waals surface area (Å²) in [4.78, 5) is 4.14. The maximum Gasteiger partial charge on any atom is 0.219 e. The van der Waals surface area contributed by atoms with Gasteiger partial charge in [0, 0.05) is 18.3 Å². The van der Waals surface area contributed by atoms with Crippen molar-refractivity contribution in [1.29, 1.82) is 0 Å². The van der Waals surface area contributed by atoms with E-state index in [1.54, 1.807) is 31.5 Å². The number of benzene rings is 2. The zero-order valence-electron chi connectivity index (χ0n) is 12.1. The molecule has 3 rings (SSSR count). The third-order valence-corrected chi connectivity index (χ3v) is 2.97. The molecule has 3 aromatic rings. The lowest BCUT2D eigenvalue weighted by atomic mass is 10.3. The normalized spacial score (nSPS) is 10.0. The van der Waals surface area contributed by atoms with Gasteiger partial charge in [-0.3, -0.25) is 0 Å². The average molecular weight is 293 g/mol. The Morgan fingerprint density at radius 1 is 0.727 bits per heavy atom. The summed E-state index contributed by atoms with van der Waals surface area (Å²) in [7, 11) is 1.60. The summed E-state index contributed by atoms with van der Waals surface area (Å²) >= 11 is 0. The van der Waals surface area contributed by atoms with Crippen LogP contribution >= 0.6 is 0 Å². The first-order chi connectivity index (χ1) is 10.8. The van der Waals surface area contributed by atoms with Crippen molar-refractivity contribution in [2.45, 2.75) is 0 Å². The third-order valence-electron chi connectivity index (χ3n) is 2.97.